The third-order valence-corrected chi connectivity index (χ3v) is 3.81. The van der Waals surface area contributed by atoms with Gasteiger partial charge in [0.05, 0.1) is 6.10 Å². The number of hydrogen-bond acceptors (Lipinski definition) is 4. The smallest absolute Gasteiger partial charge is 0.248 e. The Hall–Kier alpha value is 0.0300. The monoisotopic (exact) mass is 266 g/mol. The van der Waals surface area contributed by atoms with Gasteiger partial charge in [0.15, 0.2) is 0 Å². The van der Waals surface area contributed by atoms with E-state index >= 15 is 0 Å². The SMILES string of the molecule is Cl.O=C(COC1CNC1)N1CCCSCC1. The van der Waals surface area contributed by atoms with Crippen LogP contribution in [-0.4, -0.2) is 61.2 Å². The van der Waals surface area contributed by atoms with E-state index in [1.807, 2.05) is 16.7 Å². The molecule has 2 rings (SSSR count). The van der Waals surface area contributed by atoms with E-state index in [-0.39, 0.29) is 31.0 Å². The molecule has 0 bridgehead atoms. The lowest BCUT2D eigenvalue weighted by Crippen LogP contribution is -2.50. The molecule has 0 atom stereocenters. The highest BCUT2D eigenvalue weighted by molar-refractivity contribution is 7.99. The largest absolute Gasteiger partial charge is 0.366 e. The number of amides is 1. The summed E-state index contributed by atoms with van der Waals surface area (Å²) in [7, 11) is 0. The molecule has 1 amide bonds. The number of thioether (sulfide) groups is 1. The van der Waals surface area contributed by atoms with Crippen LogP contribution in [-0.2, 0) is 9.53 Å². The highest BCUT2D eigenvalue weighted by atomic mass is 35.5. The Balaban J connectivity index is 0.00000128. The van der Waals surface area contributed by atoms with Crippen LogP contribution in [0.1, 0.15) is 6.42 Å². The molecule has 94 valence electrons. The Morgan fingerprint density at radius 2 is 2.19 bits per heavy atom. The van der Waals surface area contributed by atoms with E-state index < -0.39 is 0 Å². The van der Waals surface area contributed by atoms with Crippen LogP contribution in [0.3, 0.4) is 0 Å². The second-order valence-corrected chi connectivity index (χ2v) is 5.16. The average Bonchev–Trinajstić information content (AvgIpc) is 2.43. The molecule has 0 saturated carbocycles. The van der Waals surface area contributed by atoms with Crippen LogP contribution in [0.15, 0.2) is 0 Å². The maximum atomic E-state index is 11.8. The van der Waals surface area contributed by atoms with Gasteiger partial charge in [-0.15, -0.1) is 12.4 Å². The van der Waals surface area contributed by atoms with Gasteiger partial charge in [0.2, 0.25) is 5.91 Å². The molecule has 0 unspecified atom stereocenters. The van der Waals surface area contributed by atoms with Crippen molar-refractivity contribution in [3.63, 3.8) is 0 Å². The van der Waals surface area contributed by atoms with Crippen molar-refractivity contribution >= 4 is 30.1 Å². The third kappa shape index (κ3) is 4.13. The van der Waals surface area contributed by atoms with E-state index in [0.717, 1.165) is 38.4 Å². The summed E-state index contributed by atoms with van der Waals surface area (Å²) in [6, 6.07) is 0. The van der Waals surface area contributed by atoms with Crippen molar-refractivity contribution < 1.29 is 9.53 Å². The van der Waals surface area contributed by atoms with E-state index in [1.54, 1.807) is 0 Å². The highest BCUT2D eigenvalue weighted by Crippen LogP contribution is 2.10. The molecule has 6 heteroatoms. The zero-order chi connectivity index (χ0) is 10.5. The van der Waals surface area contributed by atoms with E-state index in [4.69, 9.17) is 4.74 Å². The van der Waals surface area contributed by atoms with Crippen LogP contribution in [0, 0.1) is 0 Å². The van der Waals surface area contributed by atoms with E-state index in [0.29, 0.717) is 0 Å². The molecule has 0 aromatic rings. The molecule has 2 fully saturated rings. The van der Waals surface area contributed by atoms with Crippen molar-refractivity contribution in [1.82, 2.24) is 10.2 Å². The van der Waals surface area contributed by atoms with Gasteiger partial charge in [-0.2, -0.15) is 11.8 Å². The minimum absolute atomic E-state index is 0. The predicted molar refractivity (Wildman–Crippen MR) is 68.4 cm³/mol. The van der Waals surface area contributed by atoms with Gasteiger partial charge in [0.25, 0.3) is 0 Å². The van der Waals surface area contributed by atoms with Crippen molar-refractivity contribution in [1.29, 1.82) is 0 Å². The summed E-state index contributed by atoms with van der Waals surface area (Å²) >= 11 is 1.93. The van der Waals surface area contributed by atoms with E-state index in [1.165, 1.54) is 5.75 Å². The second-order valence-electron chi connectivity index (χ2n) is 3.94. The maximum absolute atomic E-state index is 11.8. The molecule has 1 N–H and O–H groups in total. The molecule has 0 aromatic heterocycles. The van der Waals surface area contributed by atoms with Gasteiger partial charge in [0, 0.05) is 31.9 Å². The Labute approximate surface area is 107 Å². The van der Waals surface area contributed by atoms with E-state index in [2.05, 4.69) is 5.32 Å². The Morgan fingerprint density at radius 1 is 1.38 bits per heavy atom. The summed E-state index contributed by atoms with van der Waals surface area (Å²) in [6.07, 6.45) is 1.37. The average molecular weight is 267 g/mol. The quantitative estimate of drug-likeness (QED) is 0.801. The molecule has 16 heavy (non-hydrogen) atoms. The van der Waals surface area contributed by atoms with Gasteiger partial charge in [-0.25, -0.2) is 0 Å². The molecule has 0 aromatic carbocycles. The fourth-order valence-corrected chi connectivity index (χ4v) is 2.54. The zero-order valence-corrected chi connectivity index (χ0v) is 10.9. The summed E-state index contributed by atoms with van der Waals surface area (Å²) in [5, 5.41) is 3.12. The van der Waals surface area contributed by atoms with Crippen molar-refractivity contribution in [2.75, 3.05) is 44.3 Å². The van der Waals surface area contributed by atoms with Gasteiger partial charge in [-0.05, 0) is 12.2 Å². The normalized spacial score (nSPS) is 21.9. The number of nitrogens with one attached hydrogen (secondary N) is 1. The minimum Gasteiger partial charge on any atom is -0.366 e. The maximum Gasteiger partial charge on any atom is 0.248 e. The van der Waals surface area contributed by atoms with Crippen molar-refractivity contribution in [2.45, 2.75) is 12.5 Å². The second kappa shape index (κ2) is 7.37. The standard InChI is InChI=1S/C10H18N2O2S.ClH/c13-10(8-14-9-6-11-7-9)12-2-1-4-15-5-3-12;/h9,11H,1-8H2;1H. The lowest BCUT2D eigenvalue weighted by atomic mass is 10.2. The molecular formula is C10H19ClN2O2S. The molecule has 2 aliphatic heterocycles. The Kier molecular flexibility index (Phi) is 6.49. The number of ether oxygens (including phenoxy) is 1. The summed E-state index contributed by atoms with van der Waals surface area (Å²) in [5.41, 5.74) is 0. The van der Waals surface area contributed by atoms with Crippen molar-refractivity contribution in [3.05, 3.63) is 0 Å². The minimum atomic E-state index is 0. The molecular weight excluding hydrogens is 248 g/mol. The number of hydrogen-bond donors (Lipinski definition) is 1. The molecule has 2 heterocycles. The van der Waals surface area contributed by atoms with Gasteiger partial charge in [0.1, 0.15) is 6.61 Å². The summed E-state index contributed by atoms with van der Waals surface area (Å²) in [4.78, 5) is 13.7. The first kappa shape index (κ1) is 14.1. The van der Waals surface area contributed by atoms with Gasteiger partial charge < -0.3 is 15.0 Å². The van der Waals surface area contributed by atoms with Crippen molar-refractivity contribution in [2.24, 2.45) is 0 Å². The molecule has 0 radical (unpaired) electrons. The summed E-state index contributed by atoms with van der Waals surface area (Å²) in [6.45, 7) is 3.83. The predicted octanol–water partition coefficient (Wildman–Crippen LogP) is 0.362. The van der Waals surface area contributed by atoms with Gasteiger partial charge in [-0.1, -0.05) is 0 Å². The Morgan fingerprint density at radius 3 is 2.88 bits per heavy atom. The first-order valence-electron chi connectivity index (χ1n) is 5.54. The molecule has 2 saturated heterocycles. The van der Waals surface area contributed by atoms with E-state index in [9.17, 15) is 4.79 Å². The molecule has 4 nitrogen and oxygen atoms in total. The number of rotatable bonds is 3. The summed E-state index contributed by atoms with van der Waals surface area (Å²) in [5.74, 6) is 2.40. The zero-order valence-electron chi connectivity index (χ0n) is 9.31. The van der Waals surface area contributed by atoms with Crippen LogP contribution >= 0.6 is 24.2 Å². The topological polar surface area (TPSA) is 41.6 Å². The van der Waals surface area contributed by atoms with Crippen LogP contribution in [0.25, 0.3) is 0 Å². The lowest BCUT2D eigenvalue weighted by molar-refractivity contribution is -0.138. The first-order valence-corrected chi connectivity index (χ1v) is 6.69. The van der Waals surface area contributed by atoms with Crippen LogP contribution < -0.4 is 5.32 Å². The fraction of sp³-hybridized carbons (Fsp3) is 0.900. The molecule has 2 aliphatic rings. The van der Waals surface area contributed by atoms with Gasteiger partial charge in [-0.3, -0.25) is 4.79 Å². The fourth-order valence-electron chi connectivity index (χ4n) is 1.66. The van der Waals surface area contributed by atoms with Crippen LogP contribution in [0.2, 0.25) is 0 Å². The number of nitrogens with zero attached hydrogens (tertiary/aromatic N) is 1. The third-order valence-electron chi connectivity index (χ3n) is 2.76. The summed E-state index contributed by atoms with van der Waals surface area (Å²) < 4.78 is 5.47. The molecule has 0 spiro atoms. The number of halogens is 1. The van der Waals surface area contributed by atoms with Gasteiger partial charge >= 0.3 is 0 Å². The highest BCUT2D eigenvalue weighted by Gasteiger charge is 2.21. The Bertz CT molecular complexity index is 219. The lowest BCUT2D eigenvalue weighted by Gasteiger charge is -2.28. The molecule has 0 aliphatic carbocycles. The number of carbonyl (C=O) groups is 1. The first-order chi connectivity index (χ1) is 7.36. The van der Waals surface area contributed by atoms with Crippen LogP contribution in [0.4, 0.5) is 0 Å². The number of carbonyl (C=O) groups excluding carboxylic acids is 1. The van der Waals surface area contributed by atoms with Crippen LogP contribution in [0.5, 0.6) is 0 Å². The van der Waals surface area contributed by atoms with Crippen molar-refractivity contribution in [3.8, 4) is 0 Å².